The molecule has 1 rings (SSSR count). The van der Waals surface area contributed by atoms with Gasteiger partial charge in [-0.2, -0.15) is 0 Å². The molecule has 0 aliphatic rings. The number of hydrogen-bond donors (Lipinski definition) is 0. The summed E-state index contributed by atoms with van der Waals surface area (Å²) in [7, 11) is 2.18. The van der Waals surface area contributed by atoms with Crippen LogP contribution in [0.25, 0.3) is 0 Å². The Kier molecular flexibility index (Phi) is 3.08. The fourth-order valence-electron chi connectivity index (χ4n) is 2.43. The predicted octanol–water partition coefficient (Wildman–Crippen LogP) is 3.89. The van der Waals surface area contributed by atoms with Crippen molar-refractivity contribution < 1.29 is 0 Å². The van der Waals surface area contributed by atoms with Gasteiger partial charge in [-0.3, -0.25) is 0 Å². The van der Waals surface area contributed by atoms with Gasteiger partial charge in [0.2, 0.25) is 0 Å². The Morgan fingerprint density at radius 1 is 0.929 bits per heavy atom. The van der Waals surface area contributed by atoms with Gasteiger partial charge in [0.25, 0.3) is 0 Å². The molecule has 1 nitrogen and oxygen atoms in total. The Morgan fingerprint density at radius 2 is 1.43 bits per heavy atom. The zero-order valence-corrected chi connectivity index (χ0v) is 10.6. The molecule has 0 aromatic carbocycles. The summed E-state index contributed by atoms with van der Waals surface area (Å²) in [6, 6.07) is 0. The SMILES string of the molecule is Cc1c(C(C)C)c(C(C)C)n(C)c1C. The van der Waals surface area contributed by atoms with Gasteiger partial charge in [-0.05, 0) is 36.8 Å². The van der Waals surface area contributed by atoms with Gasteiger partial charge in [-0.25, -0.2) is 0 Å². The minimum Gasteiger partial charge on any atom is -0.351 e. The molecule has 1 aromatic rings. The lowest BCUT2D eigenvalue weighted by Gasteiger charge is -2.14. The highest BCUT2D eigenvalue weighted by molar-refractivity contribution is 5.40. The molecule has 0 amide bonds. The molecule has 1 heteroatoms. The smallest absolute Gasteiger partial charge is 0.0237 e. The second kappa shape index (κ2) is 3.80. The second-order valence-electron chi connectivity index (χ2n) is 4.88. The molecule has 14 heavy (non-hydrogen) atoms. The molecular formula is C13H23N. The Balaban J connectivity index is 3.45. The topological polar surface area (TPSA) is 4.93 Å². The van der Waals surface area contributed by atoms with Gasteiger partial charge in [0.1, 0.15) is 0 Å². The van der Waals surface area contributed by atoms with Crippen LogP contribution in [0.4, 0.5) is 0 Å². The highest BCUT2D eigenvalue weighted by Gasteiger charge is 2.19. The molecule has 0 spiro atoms. The molecule has 1 heterocycles. The van der Waals surface area contributed by atoms with E-state index in [0.29, 0.717) is 11.8 Å². The third kappa shape index (κ3) is 1.60. The van der Waals surface area contributed by atoms with Gasteiger partial charge < -0.3 is 4.57 Å². The number of rotatable bonds is 2. The zero-order chi connectivity index (χ0) is 11.0. The molecule has 80 valence electrons. The first-order valence-corrected chi connectivity index (χ1v) is 5.53. The van der Waals surface area contributed by atoms with E-state index in [0.717, 1.165) is 0 Å². The Bertz CT molecular complexity index is 298. The van der Waals surface area contributed by atoms with E-state index in [2.05, 4.69) is 53.2 Å². The van der Waals surface area contributed by atoms with Crippen molar-refractivity contribution in [2.45, 2.75) is 53.4 Å². The maximum absolute atomic E-state index is 2.36. The normalized spacial score (nSPS) is 11.8. The summed E-state index contributed by atoms with van der Waals surface area (Å²) in [6.07, 6.45) is 0. The average molecular weight is 193 g/mol. The summed E-state index contributed by atoms with van der Waals surface area (Å²) in [4.78, 5) is 0. The Labute approximate surface area is 88.1 Å². The fraction of sp³-hybridized carbons (Fsp3) is 0.692. The highest BCUT2D eigenvalue weighted by Crippen LogP contribution is 2.32. The van der Waals surface area contributed by atoms with Crippen molar-refractivity contribution in [3.05, 3.63) is 22.5 Å². The van der Waals surface area contributed by atoms with Crippen LogP contribution in [0.1, 0.15) is 62.0 Å². The summed E-state index contributed by atoms with van der Waals surface area (Å²) in [6.45, 7) is 13.6. The van der Waals surface area contributed by atoms with Crippen LogP contribution in [-0.2, 0) is 7.05 Å². The van der Waals surface area contributed by atoms with Crippen LogP contribution in [0.3, 0.4) is 0 Å². The van der Waals surface area contributed by atoms with Crippen LogP contribution in [0.15, 0.2) is 0 Å². The predicted molar refractivity (Wildman–Crippen MR) is 63.1 cm³/mol. The van der Waals surface area contributed by atoms with Crippen LogP contribution in [0.5, 0.6) is 0 Å². The Hall–Kier alpha value is -0.720. The molecule has 0 bridgehead atoms. The molecule has 0 fully saturated rings. The standard InChI is InChI=1S/C13H23N/c1-8(2)12-10(5)11(6)14(7)13(12)9(3)4/h8-9H,1-7H3. The maximum atomic E-state index is 2.36. The first-order chi connectivity index (χ1) is 6.37. The van der Waals surface area contributed by atoms with Crippen molar-refractivity contribution in [1.82, 2.24) is 4.57 Å². The maximum Gasteiger partial charge on any atom is 0.0237 e. The molecule has 0 aliphatic heterocycles. The molecule has 1 aromatic heterocycles. The molecular weight excluding hydrogens is 170 g/mol. The molecule has 0 saturated heterocycles. The monoisotopic (exact) mass is 193 g/mol. The molecule has 0 radical (unpaired) electrons. The van der Waals surface area contributed by atoms with Crippen LogP contribution in [0, 0.1) is 13.8 Å². The van der Waals surface area contributed by atoms with E-state index in [-0.39, 0.29) is 0 Å². The minimum absolute atomic E-state index is 0.616. The quantitative estimate of drug-likeness (QED) is 0.671. The number of aromatic nitrogens is 1. The van der Waals surface area contributed by atoms with E-state index in [1.807, 2.05) is 0 Å². The third-order valence-corrected chi connectivity index (χ3v) is 3.21. The van der Waals surface area contributed by atoms with E-state index in [1.54, 1.807) is 5.56 Å². The van der Waals surface area contributed by atoms with Crippen LogP contribution >= 0.6 is 0 Å². The summed E-state index contributed by atoms with van der Waals surface area (Å²) in [5, 5.41) is 0. The van der Waals surface area contributed by atoms with Crippen molar-refractivity contribution in [2.24, 2.45) is 7.05 Å². The van der Waals surface area contributed by atoms with Gasteiger partial charge in [-0.15, -0.1) is 0 Å². The lowest BCUT2D eigenvalue weighted by molar-refractivity contribution is 0.701. The van der Waals surface area contributed by atoms with E-state index >= 15 is 0 Å². The first kappa shape index (κ1) is 11.4. The van der Waals surface area contributed by atoms with Crippen molar-refractivity contribution in [2.75, 3.05) is 0 Å². The van der Waals surface area contributed by atoms with E-state index in [9.17, 15) is 0 Å². The van der Waals surface area contributed by atoms with Gasteiger partial charge in [0.05, 0.1) is 0 Å². The van der Waals surface area contributed by atoms with Gasteiger partial charge in [-0.1, -0.05) is 27.7 Å². The van der Waals surface area contributed by atoms with E-state index in [1.165, 1.54) is 17.0 Å². The van der Waals surface area contributed by atoms with Crippen LogP contribution < -0.4 is 0 Å². The largest absolute Gasteiger partial charge is 0.351 e. The summed E-state index contributed by atoms with van der Waals surface area (Å²) in [5.74, 6) is 1.25. The molecule has 0 atom stereocenters. The fourth-order valence-corrected chi connectivity index (χ4v) is 2.43. The number of hydrogen-bond acceptors (Lipinski definition) is 0. The lowest BCUT2D eigenvalue weighted by Crippen LogP contribution is -2.03. The second-order valence-corrected chi connectivity index (χ2v) is 4.88. The van der Waals surface area contributed by atoms with Gasteiger partial charge in [0.15, 0.2) is 0 Å². The highest BCUT2D eigenvalue weighted by atomic mass is 15.0. The molecule has 0 saturated carbocycles. The third-order valence-electron chi connectivity index (χ3n) is 3.21. The zero-order valence-electron chi connectivity index (χ0n) is 10.6. The molecule has 0 aliphatic carbocycles. The minimum atomic E-state index is 0.616. The van der Waals surface area contributed by atoms with Crippen molar-refractivity contribution in [3.8, 4) is 0 Å². The van der Waals surface area contributed by atoms with Crippen molar-refractivity contribution in [3.63, 3.8) is 0 Å². The van der Waals surface area contributed by atoms with Crippen molar-refractivity contribution in [1.29, 1.82) is 0 Å². The van der Waals surface area contributed by atoms with Gasteiger partial charge in [0, 0.05) is 18.4 Å². The number of nitrogens with zero attached hydrogens (tertiary/aromatic N) is 1. The Morgan fingerprint density at radius 3 is 1.71 bits per heavy atom. The molecule has 0 unspecified atom stereocenters. The first-order valence-electron chi connectivity index (χ1n) is 5.53. The van der Waals surface area contributed by atoms with E-state index < -0.39 is 0 Å². The van der Waals surface area contributed by atoms with Crippen molar-refractivity contribution >= 4 is 0 Å². The van der Waals surface area contributed by atoms with Crippen LogP contribution in [-0.4, -0.2) is 4.57 Å². The summed E-state index contributed by atoms with van der Waals surface area (Å²) < 4.78 is 2.36. The van der Waals surface area contributed by atoms with E-state index in [4.69, 9.17) is 0 Å². The summed E-state index contributed by atoms with van der Waals surface area (Å²) in [5.41, 5.74) is 5.96. The summed E-state index contributed by atoms with van der Waals surface area (Å²) >= 11 is 0. The molecule has 0 N–H and O–H groups in total. The lowest BCUT2D eigenvalue weighted by atomic mass is 9.94. The van der Waals surface area contributed by atoms with Gasteiger partial charge >= 0.3 is 0 Å². The average Bonchev–Trinajstić information content (AvgIpc) is 2.29. The van der Waals surface area contributed by atoms with Crippen LogP contribution in [0.2, 0.25) is 0 Å².